The lowest BCUT2D eigenvalue weighted by Gasteiger charge is -2.16. The zero-order valence-corrected chi connectivity index (χ0v) is 12.9. The van der Waals surface area contributed by atoms with E-state index < -0.39 is 0 Å². The lowest BCUT2D eigenvalue weighted by atomic mass is 10.0. The van der Waals surface area contributed by atoms with E-state index in [9.17, 15) is 0 Å². The van der Waals surface area contributed by atoms with Gasteiger partial charge in [-0.15, -0.1) is 0 Å². The van der Waals surface area contributed by atoms with Crippen LogP contribution in [0.15, 0.2) is 54.6 Å². The first-order valence-electron chi connectivity index (χ1n) is 7.91. The first kappa shape index (κ1) is 15.6. The van der Waals surface area contributed by atoms with E-state index >= 15 is 0 Å². The van der Waals surface area contributed by atoms with Gasteiger partial charge in [-0.3, -0.25) is 0 Å². The molecule has 2 aromatic rings. The molecule has 2 heteroatoms. The Bertz CT molecular complexity index is 522. The summed E-state index contributed by atoms with van der Waals surface area (Å²) in [6, 6.07) is 19.3. The van der Waals surface area contributed by atoms with Gasteiger partial charge in [0.2, 0.25) is 0 Å². The lowest BCUT2D eigenvalue weighted by molar-refractivity contribution is 0.596. The molecular formula is C19H26N2. The van der Waals surface area contributed by atoms with Crippen LogP contribution >= 0.6 is 0 Å². The summed E-state index contributed by atoms with van der Waals surface area (Å²) < 4.78 is 0. The highest BCUT2D eigenvalue weighted by Crippen LogP contribution is 2.19. The molecule has 0 radical (unpaired) electrons. The van der Waals surface area contributed by atoms with Gasteiger partial charge in [0.25, 0.3) is 0 Å². The van der Waals surface area contributed by atoms with Crippen molar-refractivity contribution in [3.05, 3.63) is 65.7 Å². The van der Waals surface area contributed by atoms with Crippen LogP contribution in [0.2, 0.25) is 0 Å². The Hall–Kier alpha value is -1.80. The lowest BCUT2D eigenvalue weighted by Crippen LogP contribution is -2.29. The third kappa shape index (κ3) is 5.24. The zero-order valence-electron chi connectivity index (χ0n) is 12.9. The average Bonchev–Trinajstić information content (AvgIpc) is 2.53. The van der Waals surface area contributed by atoms with Gasteiger partial charge in [0.05, 0.1) is 0 Å². The van der Waals surface area contributed by atoms with Crippen LogP contribution in [0.4, 0.5) is 5.69 Å². The number of hydrogen-bond acceptors (Lipinski definition) is 2. The number of para-hydroxylation sites is 1. The number of nitrogens with one attached hydrogen (secondary N) is 1. The van der Waals surface area contributed by atoms with Gasteiger partial charge in [0, 0.05) is 18.3 Å². The molecule has 0 aliphatic heterocycles. The zero-order chi connectivity index (χ0) is 14.9. The molecule has 112 valence electrons. The Morgan fingerprint density at radius 2 is 1.71 bits per heavy atom. The maximum absolute atomic E-state index is 6.15. The first-order chi connectivity index (χ1) is 10.3. The van der Waals surface area contributed by atoms with Gasteiger partial charge in [-0.05, 0) is 30.0 Å². The van der Waals surface area contributed by atoms with Crippen molar-refractivity contribution in [3.63, 3.8) is 0 Å². The van der Waals surface area contributed by atoms with E-state index in [1.807, 2.05) is 0 Å². The molecule has 0 spiro atoms. The molecule has 0 heterocycles. The molecule has 0 saturated heterocycles. The molecular weight excluding hydrogens is 256 g/mol. The fourth-order valence-electron chi connectivity index (χ4n) is 2.47. The molecule has 2 nitrogen and oxygen atoms in total. The second-order valence-corrected chi connectivity index (χ2v) is 5.60. The molecule has 0 aromatic heterocycles. The van der Waals surface area contributed by atoms with E-state index in [1.165, 1.54) is 29.7 Å². The molecule has 21 heavy (non-hydrogen) atoms. The van der Waals surface area contributed by atoms with Crippen LogP contribution in [0.25, 0.3) is 0 Å². The number of anilines is 1. The molecule has 0 saturated carbocycles. The smallest absolute Gasteiger partial charge is 0.0376 e. The first-order valence-corrected chi connectivity index (χ1v) is 7.91. The molecule has 0 bridgehead atoms. The number of nitrogens with two attached hydrogens (primary N) is 1. The molecule has 3 N–H and O–H groups in total. The van der Waals surface area contributed by atoms with Crippen LogP contribution in [0.1, 0.15) is 37.3 Å². The largest absolute Gasteiger partial charge is 0.383 e. The SMILES string of the molecule is CCCCC(N)CNc1ccccc1Cc1ccccc1. The van der Waals surface area contributed by atoms with Crippen molar-refractivity contribution in [3.8, 4) is 0 Å². The quantitative estimate of drug-likeness (QED) is 0.761. The molecule has 1 atom stereocenters. The van der Waals surface area contributed by atoms with Crippen molar-refractivity contribution in [2.24, 2.45) is 5.73 Å². The fourth-order valence-corrected chi connectivity index (χ4v) is 2.47. The molecule has 0 fully saturated rings. The predicted molar refractivity (Wildman–Crippen MR) is 91.7 cm³/mol. The monoisotopic (exact) mass is 282 g/mol. The van der Waals surface area contributed by atoms with E-state index in [2.05, 4.69) is 66.8 Å². The summed E-state index contributed by atoms with van der Waals surface area (Å²) in [5, 5.41) is 3.52. The van der Waals surface area contributed by atoms with Crippen LogP contribution in [0.5, 0.6) is 0 Å². The molecule has 2 rings (SSSR count). The van der Waals surface area contributed by atoms with E-state index in [-0.39, 0.29) is 6.04 Å². The van der Waals surface area contributed by atoms with Crippen molar-refractivity contribution in [2.75, 3.05) is 11.9 Å². The predicted octanol–water partition coefficient (Wildman–Crippen LogP) is 4.21. The maximum Gasteiger partial charge on any atom is 0.0376 e. The Morgan fingerprint density at radius 3 is 2.48 bits per heavy atom. The Balaban J connectivity index is 1.97. The minimum Gasteiger partial charge on any atom is -0.383 e. The number of benzene rings is 2. The Morgan fingerprint density at radius 1 is 1.00 bits per heavy atom. The summed E-state index contributed by atoms with van der Waals surface area (Å²) in [5.41, 5.74) is 10.0. The Labute approximate surface area is 128 Å². The van der Waals surface area contributed by atoms with Gasteiger partial charge in [0.15, 0.2) is 0 Å². The minimum absolute atomic E-state index is 0.231. The van der Waals surface area contributed by atoms with Crippen molar-refractivity contribution in [1.82, 2.24) is 0 Å². The van der Waals surface area contributed by atoms with E-state index in [0.717, 1.165) is 19.4 Å². The summed E-state index contributed by atoms with van der Waals surface area (Å²) in [6.07, 6.45) is 4.45. The van der Waals surface area contributed by atoms with E-state index in [1.54, 1.807) is 0 Å². The minimum atomic E-state index is 0.231. The third-order valence-corrected chi connectivity index (χ3v) is 3.74. The molecule has 2 aromatic carbocycles. The Kier molecular flexibility index (Phi) is 6.29. The van der Waals surface area contributed by atoms with E-state index in [4.69, 9.17) is 5.73 Å². The highest BCUT2D eigenvalue weighted by atomic mass is 14.9. The van der Waals surface area contributed by atoms with Gasteiger partial charge in [-0.1, -0.05) is 68.3 Å². The summed E-state index contributed by atoms with van der Waals surface area (Å²) >= 11 is 0. The van der Waals surface area contributed by atoms with Crippen molar-refractivity contribution in [1.29, 1.82) is 0 Å². The molecule has 0 amide bonds. The third-order valence-electron chi connectivity index (χ3n) is 3.74. The van der Waals surface area contributed by atoms with Crippen LogP contribution in [-0.2, 0) is 6.42 Å². The number of unbranched alkanes of at least 4 members (excludes halogenated alkanes) is 1. The average molecular weight is 282 g/mol. The highest BCUT2D eigenvalue weighted by Gasteiger charge is 2.05. The molecule has 0 aliphatic rings. The van der Waals surface area contributed by atoms with Crippen LogP contribution in [0, 0.1) is 0 Å². The second-order valence-electron chi connectivity index (χ2n) is 5.60. The van der Waals surface area contributed by atoms with Crippen LogP contribution in [-0.4, -0.2) is 12.6 Å². The van der Waals surface area contributed by atoms with Crippen LogP contribution < -0.4 is 11.1 Å². The highest BCUT2D eigenvalue weighted by molar-refractivity contribution is 5.52. The topological polar surface area (TPSA) is 38.0 Å². The molecule has 0 aliphatic carbocycles. The maximum atomic E-state index is 6.15. The van der Waals surface area contributed by atoms with Gasteiger partial charge in [-0.2, -0.15) is 0 Å². The van der Waals surface area contributed by atoms with Crippen molar-refractivity contribution < 1.29 is 0 Å². The number of hydrogen-bond donors (Lipinski definition) is 2. The molecule has 1 unspecified atom stereocenters. The standard InChI is InChI=1S/C19H26N2/c1-2-3-12-18(20)15-21-19-13-8-7-11-17(19)14-16-9-5-4-6-10-16/h4-11,13,18,21H,2-3,12,14-15,20H2,1H3. The van der Waals surface area contributed by atoms with Crippen LogP contribution in [0.3, 0.4) is 0 Å². The van der Waals surface area contributed by atoms with Gasteiger partial charge in [0.1, 0.15) is 0 Å². The second kappa shape index (κ2) is 8.48. The van der Waals surface area contributed by atoms with Crippen molar-refractivity contribution in [2.45, 2.75) is 38.6 Å². The van der Waals surface area contributed by atoms with E-state index in [0.29, 0.717) is 0 Å². The normalized spacial score (nSPS) is 12.1. The summed E-state index contributed by atoms with van der Waals surface area (Å²) in [4.78, 5) is 0. The summed E-state index contributed by atoms with van der Waals surface area (Å²) in [5.74, 6) is 0. The van der Waals surface area contributed by atoms with Gasteiger partial charge >= 0.3 is 0 Å². The fraction of sp³-hybridized carbons (Fsp3) is 0.368. The van der Waals surface area contributed by atoms with Crippen molar-refractivity contribution >= 4 is 5.69 Å². The summed E-state index contributed by atoms with van der Waals surface area (Å²) in [6.45, 7) is 3.04. The van der Waals surface area contributed by atoms with Gasteiger partial charge in [-0.25, -0.2) is 0 Å². The van der Waals surface area contributed by atoms with Gasteiger partial charge < -0.3 is 11.1 Å². The number of rotatable bonds is 8. The summed E-state index contributed by atoms with van der Waals surface area (Å²) in [7, 11) is 0.